The zero-order chi connectivity index (χ0) is 12.8. The highest BCUT2D eigenvalue weighted by atomic mass is 16.4. The summed E-state index contributed by atoms with van der Waals surface area (Å²) in [4.78, 5) is 13.1. The molecule has 3 nitrogen and oxygen atoms in total. The van der Waals surface area contributed by atoms with Gasteiger partial charge in [0.25, 0.3) is 0 Å². The molecule has 1 atom stereocenters. The van der Waals surface area contributed by atoms with Crippen LogP contribution in [0, 0.1) is 5.92 Å². The van der Waals surface area contributed by atoms with E-state index in [-0.39, 0.29) is 5.92 Å². The third-order valence-electron chi connectivity index (χ3n) is 2.89. The van der Waals surface area contributed by atoms with Gasteiger partial charge in [-0.3, -0.25) is 9.69 Å². The van der Waals surface area contributed by atoms with E-state index in [2.05, 4.69) is 30.9 Å². The van der Waals surface area contributed by atoms with Crippen LogP contribution in [0.3, 0.4) is 0 Å². The Bertz CT molecular complexity index is 348. The fourth-order valence-electron chi connectivity index (χ4n) is 1.71. The molecular formula is C14H21NO2. The van der Waals surface area contributed by atoms with E-state index in [1.807, 2.05) is 18.2 Å². The van der Waals surface area contributed by atoms with Crippen LogP contribution in [-0.2, 0) is 11.3 Å². The highest BCUT2D eigenvalue weighted by molar-refractivity contribution is 5.69. The van der Waals surface area contributed by atoms with Gasteiger partial charge in [0.2, 0.25) is 0 Å². The SMILES string of the molecule is CC(CN(Cc1ccccc1)C(C)C)C(=O)O. The van der Waals surface area contributed by atoms with E-state index >= 15 is 0 Å². The van der Waals surface area contributed by atoms with E-state index in [1.165, 1.54) is 5.56 Å². The van der Waals surface area contributed by atoms with Crippen molar-refractivity contribution in [1.29, 1.82) is 0 Å². The first kappa shape index (κ1) is 13.7. The zero-order valence-electron chi connectivity index (χ0n) is 10.8. The normalized spacial score (nSPS) is 13.0. The first-order chi connectivity index (χ1) is 8.00. The largest absolute Gasteiger partial charge is 0.481 e. The molecule has 1 aromatic rings. The van der Waals surface area contributed by atoms with Crippen molar-refractivity contribution in [3.05, 3.63) is 35.9 Å². The molecule has 0 radical (unpaired) electrons. The van der Waals surface area contributed by atoms with Crippen molar-refractivity contribution < 1.29 is 9.90 Å². The summed E-state index contributed by atoms with van der Waals surface area (Å²) in [5, 5.41) is 8.95. The summed E-state index contributed by atoms with van der Waals surface area (Å²) in [6.07, 6.45) is 0. The average molecular weight is 235 g/mol. The number of hydrogen-bond donors (Lipinski definition) is 1. The molecule has 1 unspecified atom stereocenters. The van der Waals surface area contributed by atoms with E-state index < -0.39 is 5.97 Å². The molecule has 0 aliphatic carbocycles. The first-order valence-electron chi connectivity index (χ1n) is 6.01. The van der Waals surface area contributed by atoms with E-state index in [0.717, 1.165) is 6.54 Å². The van der Waals surface area contributed by atoms with Gasteiger partial charge in [0.1, 0.15) is 0 Å². The second-order valence-electron chi connectivity index (χ2n) is 4.75. The lowest BCUT2D eigenvalue weighted by Gasteiger charge is -2.28. The molecule has 0 aliphatic heterocycles. The van der Waals surface area contributed by atoms with Gasteiger partial charge in [0.05, 0.1) is 5.92 Å². The number of carboxylic acid groups (broad SMARTS) is 1. The van der Waals surface area contributed by atoms with Gasteiger partial charge in [-0.15, -0.1) is 0 Å². The number of benzene rings is 1. The Hall–Kier alpha value is -1.35. The molecular weight excluding hydrogens is 214 g/mol. The van der Waals surface area contributed by atoms with Crippen molar-refractivity contribution in [2.75, 3.05) is 6.54 Å². The minimum absolute atomic E-state index is 0.332. The number of nitrogens with zero attached hydrogens (tertiary/aromatic N) is 1. The van der Waals surface area contributed by atoms with Gasteiger partial charge in [-0.05, 0) is 19.4 Å². The van der Waals surface area contributed by atoms with Crippen LogP contribution in [-0.4, -0.2) is 28.6 Å². The maximum Gasteiger partial charge on any atom is 0.307 e. The molecule has 1 N–H and O–H groups in total. The highest BCUT2D eigenvalue weighted by Gasteiger charge is 2.18. The molecule has 0 aliphatic rings. The first-order valence-corrected chi connectivity index (χ1v) is 6.01. The Morgan fingerprint density at radius 2 is 1.82 bits per heavy atom. The molecule has 0 heterocycles. The smallest absolute Gasteiger partial charge is 0.307 e. The van der Waals surface area contributed by atoms with Crippen LogP contribution < -0.4 is 0 Å². The number of aliphatic carboxylic acids is 1. The molecule has 0 aromatic heterocycles. The minimum Gasteiger partial charge on any atom is -0.481 e. The molecule has 0 saturated heterocycles. The topological polar surface area (TPSA) is 40.5 Å². The molecule has 0 spiro atoms. The molecule has 17 heavy (non-hydrogen) atoms. The van der Waals surface area contributed by atoms with E-state index in [4.69, 9.17) is 5.11 Å². The molecule has 1 rings (SSSR count). The number of carbonyl (C=O) groups is 1. The van der Waals surface area contributed by atoms with Crippen molar-refractivity contribution in [1.82, 2.24) is 4.90 Å². The third-order valence-corrected chi connectivity index (χ3v) is 2.89. The summed E-state index contributed by atoms with van der Waals surface area (Å²) in [6, 6.07) is 10.5. The number of hydrogen-bond acceptors (Lipinski definition) is 2. The molecule has 1 aromatic carbocycles. The standard InChI is InChI=1S/C14H21NO2/c1-11(2)15(9-12(3)14(16)17)10-13-7-5-4-6-8-13/h4-8,11-12H,9-10H2,1-3H3,(H,16,17). The maximum absolute atomic E-state index is 10.9. The highest BCUT2D eigenvalue weighted by Crippen LogP contribution is 2.11. The lowest BCUT2D eigenvalue weighted by Crippen LogP contribution is -2.36. The summed E-state index contributed by atoms with van der Waals surface area (Å²) in [5.74, 6) is -1.06. The van der Waals surface area contributed by atoms with E-state index in [9.17, 15) is 4.79 Å². The summed E-state index contributed by atoms with van der Waals surface area (Å²) in [7, 11) is 0. The Morgan fingerprint density at radius 3 is 2.29 bits per heavy atom. The predicted octanol–water partition coefficient (Wildman–Crippen LogP) is 2.62. The second kappa shape index (κ2) is 6.40. The molecule has 94 valence electrons. The van der Waals surface area contributed by atoms with E-state index in [0.29, 0.717) is 12.6 Å². The van der Waals surface area contributed by atoms with Crippen molar-refractivity contribution in [3.63, 3.8) is 0 Å². The molecule has 0 bridgehead atoms. The minimum atomic E-state index is -0.733. The summed E-state index contributed by atoms with van der Waals surface area (Å²) < 4.78 is 0. The predicted molar refractivity (Wildman–Crippen MR) is 68.8 cm³/mol. The summed E-state index contributed by atoms with van der Waals surface area (Å²) >= 11 is 0. The molecule has 0 fully saturated rings. The van der Waals surface area contributed by atoms with Gasteiger partial charge in [0, 0.05) is 19.1 Å². The molecule has 0 amide bonds. The number of rotatable bonds is 6. The fraction of sp³-hybridized carbons (Fsp3) is 0.500. The lowest BCUT2D eigenvalue weighted by atomic mass is 10.1. The van der Waals surface area contributed by atoms with Crippen LogP contribution in [0.15, 0.2) is 30.3 Å². The van der Waals surface area contributed by atoms with Crippen LogP contribution in [0.5, 0.6) is 0 Å². The summed E-state index contributed by atoms with van der Waals surface area (Å²) in [6.45, 7) is 7.33. The zero-order valence-corrected chi connectivity index (χ0v) is 10.8. The summed E-state index contributed by atoms with van der Waals surface area (Å²) in [5.41, 5.74) is 1.22. The fourth-order valence-corrected chi connectivity index (χ4v) is 1.71. The van der Waals surface area contributed by atoms with Gasteiger partial charge in [-0.2, -0.15) is 0 Å². The average Bonchev–Trinajstić information content (AvgIpc) is 2.29. The molecule has 3 heteroatoms. The lowest BCUT2D eigenvalue weighted by molar-refractivity contribution is -0.141. The van der Waals surface area contributed by atoms with Crippen molar-refractivity contribution in [2.24, 2.45) is 5.92 Å². The van der Waals surface area contributed by atoms with Crippen LogP contribution >= 0.6 is 0 Å². The van der Waals surface area contributed by atoms with Gasteiger partial charge in [-0.1, -0.05) is 37.3 Å². The van der Waals surface area contributed by atoms with Crippen LogP contribution in [0.4, 0.5) is 0 Å². The number of carboxylic acids is 1. The second-order valence-corrected chi connectivity index (χ2v) is 4.75. The Balaban J connectivity index is 2.64. The van der Waals surface area contributed by atoms with Crippen LogP contribution in [0.2, 0.25) is 0 Å². The van der Waals surface area contributed by atoms with Crippen molar-refractivity contribution in [3.8, 4) is 0 Å². The third kappa shape index (κ3) is 4.57. The Morgan fingerprint density at radius 1 is 1.24 bits per heavy atom. The van der Waals surface area contributed by atoms with Gasteiger partial charge >= 0.3 is 5.97 Å². The molecule has 0 saturated carbocycles. The van der Waals surface area contributed by atoms with Gasteiger partial charge < -0.3 is 5.11 Å². The van der Waals surface area contributed by atoms with Gasteiger partial charge in [-0.25, -0.2) is 0 Å². The Kier molecular flexibility index (Phi) is 5.16. The monoisotopic (exact) mass is 235 g/mol. The quantitative estimate of drug-likeness (QED) is 0.824. The van der Waals surface area contributed by atoms with Gasteiger partial charge in [0.15, 0.2) is 0 Å². The van der Waals surface area contributed by atoms with E-state index in [1.54, 1.807) is 6.92 Å². The van der Waals surface area contributed by atoms with Crippen molar-refractivity contribution >= 4 is 5.97 Å². The van der Waals surface area contributed by atoms with Crippen LogP contribution in [0.1, 0.15) is 26.3 Å². The van der Waals surface area contributed by atoms with Crippen molar-refractivity contribution in [2.45, 2.75) is 33.4 Å². The van der Waals surface area contributed by atoms with Crippen LogP contribution in [0.25, 0.3) is 0 Å². The maximum atomic E-state index is 10.9. The Labute approximate surface area is 103 Å².